The molecule has 0 aliphatic heterocycles. The second-order valence-electron chi connectivity index (χ2n) is 11.3. The van der Waals surface area contributed by atoms with Crippen molar-refractivity contribution in [2.75, 3.05) is 0 Å². The number of nitrogens with zero attached hydrogens (tertiary/aromatic N) is 4. The van der Waals surface area contributed by atoms with Crippen molar-refractivity contribution in [2.24, 2.45) is 0 Å². The first-order valence-corrected chi connectivity index (χ1v) is 15.0. The maximum Gasteiger partial charge on any atom is 0.205 e. The Morgan fingerprint density at radius 2 is 0.913 bits per heavy atom. The zero-order chi connectivity index (χ0) is 31.0. The predicted molar refractivity (Wildman–Crippen MR) is 187 cm³/mol. The molecule has 46 heavy (non-hydrogen) atoms. The van der Waals surface area contributed by atoms with E-state index in [1.807, 2.05) is 18.3 Å². The predicted octanol–water partition coefficient (Wildman–Crippen LogP) is 11.0. The van der Waals surface area contributed by atoms with Gasteiger partial charge < -0.3 is 0 Å². The molecule has 0 spiro atoms. The number of benzene rings is 6. The minimum absolute atomic E-state index is 0.533. The summed E-state index contributed by atoms with van der Waals surface area (Å²) >= 11 is 0. The van der Waals surface area contributed by atoms with Gasteiger partial charge in [-0.2, -0.15) is 5.26 Å². The van der Waals surface area contributed by atoms with Crippen LogP contribution >= 0.6 is 0 Å². The average Bonchev–Trinajstić information content (AvgIpc) is 3.14. The highest BCUT2D eigenvalue weighted by Gasteiger charge is 2.12. The van der Waals surface area contributed by atoms with Gasteiger partial charge in [-0.25, -0.2) is 4.85 Å². The van der Waals surface area contributed by atoms with Crippen LogP contribution < -0.4 is 0 Å². The summed E-state index contributed by atoms with van der Waals surface area (Å²) in [6.45, 7) is 7.36. The molecule has 0 saturated heterocycles. The number of aromatic nitrogens is 2. The molecular formula is C42H24N4. The van der Waals surface area contributed by atoms with Gasteiger partial charge in [0.15, 0.2) is 0 Å². The fourth-order valence-corrected chi connectivity index (χ4v) is 6.38. The highest BCUT2D eigenvalue weighted by atomic mass is 14.7. The van der Waals surface area contributed by atoms with Crippen LogP contribution in [0, 0.1) is 17.9 Å². The fraction of sp³-hybridized carbons (Fsp3) is 0. The summed E-state index contributed by atoms with van der Waals surface area (Å²) in [5, 5.41) is 16.6. The van der Waals surface area contributed by atoms with Crippen molar-refractivity contribution in [3.05, 3.63) is 163 Å². The van der Waals surface area contributed by atoms with Crippen LogP contribution in [0.3, 0.4) is 0 Å². The number of rotatable bonds is 4. The molecule has 0 bridgehead atoms. The van der Waals surface area contributed by atoms with Crippen molar-refractivity contribution >= 4 is 38.0 Å². The smallest absolute Gasteiger partial charge is 0.205 e. The van der Waals surface area contributed by atoms with Crippen LogP contribution in [-0.4, -0.2) is 9.97 Å². The first-order chi connectivity index (χ1) is 22.7. The van der Waals surface area contributed by atoms with Crippen molar-refractivity contribution in [1.29, 1.82) is 5.26 Å². The normalized spacial score (nSPS) is 11.0. The van der Waals surface area contributed by atoms with E-state index in [1.54, 1.807) is 18.6 Å². The molecule has 0 fully saturated rings. The maximum absolute atomic E-state index is 9.35. The summed E-state index contributed by atoms with van der Waals surface area (Å²) in [4.78, 5) is 12.1. The van der Waals surface area contributed by atoms with E-state index in [1.165, 1.54) is 32.3 Å². The Labute approximate surface area is 266 Å². The summed E-state index contributed by atoms with van der Waals surface area (Å²) in [5.41, 5.74) is 9.49. The molecule has 4 nitrogen and oxygen atoms in total. The molecule has 0 saturated carbocycles. The van der Waals surface area contributed by atoms with E-state index in [0.717, 1.165) is 44.5 Å². The van der Waals surface area contributed by atoms with Gasteiger partial charge >= 0.3 is 0 Å². The monoisotopic (exact) mass is 584 g/mol. The van der Waals surface area contributed by atoms with Gasteiger partial charge in [-0.15, -0.1) is 0 Å². The number of fused-ring (bicyclic) bond motifs is 6. The SMILES string of the molecule is [C-]#[N+]c1cncc(-c2cccc(-c3ccc4c5ccc(-c6cccc(-c7cncc(C#N)c7)c6)cc5c5ccccc5c4c3)c2)c1. The molecule has 0 N–H and O–H groups in total. The molecule has 2 heterocycles. The van der Waals surface area contributed by atoms with Crippen LogP contribution in [0.25, 0.3) is 81.7 Å². The first-order valence-electron chi connectivity index (χ1n) is 15.0. The standard InChI is InChI=1S/C42H24N4/c1-44-36-19-35(25-46-26-36)31-9-5-7-29(18-31)33-13-15-40-39-14-12-32(20-41(39)37-10-2-3-11-38(37)42(40)21-33)28-6-4-8-30(17-28)34-16-27(22-43)23-45-24-34/h2-21,23-26H. The van der Waals surface area contributed by atoms with Gasteiger partial charge in [0.2, 0.25) is 5.69 Å². The van der Waals surface area contributed by atoms with Crippen molar-refractivity contribution in [2.45, 2.75) is 0 Å². The molecular weight excluding hydrogens is 560 g/mol. The number of nitriles is 1. The number of pyridine rings is 2. The Morgan fingerprint density at radius 3 is 1.46 bits per heavy atom. The van der Waals surface area contributed by atoms with Crippen molar-refractivity contribution in [3.8, 4) is 50.6 Å². The van der Waals surface area contributed by atoms with E-state index in [2.05, 4.69) is 130 Å². The zero-order valence-electron chi connectivity index (χ0n) is 24.6. The molecule has 0 radical (unpaired) electrons. The van der Waals surface area contributed by atoms with Gasteiger partial charge in [0.1, 0.15) is 6.07 Å². The average molecular weight is 585 g/mol. The Morgan fingerprint density at radius 1 is 0.435 bits per heavy atom. The fourth-order valence-electron chi connectivity index (χ4n) is 6.38. The summed E-state index contributed by atoms with van der Waals surface area (Å²) in [6, 6.07) is 44.9. The quantitative estimate of drug-likeness (QED) is 0.153. The van der Waals surface area contributed by atoms with Crippen molar-refractivity contribution in [1.82, 2.24) is 9.97 Å². The van der Waals surface area contributed by atoms with Gasteiger partial charge in [0.05, 0.1) is 12.1 Å². The number of hydrogen-bond acceptors (Lipinski definition) is 3. The van der Waals surface area contributed by atoms with E-state index in [9.17, 15) is 5.26 Å². The molecule has 8 aromatic rings. The van der Waals surface area contributed by atoms with Crippen LogP contribution in [0.4, 0.5) is 5.69 Å². The molecule has 4 heteroatoms. The third kappa shape index (κ3) is 4.72. The van der Waals surface area contributed by atoms with Crippen molar-refractivity contribution < 1.29 is 0 Å². The van der Waals surface area contributed by atoms with Gasteiger partial charge in [-0.3, -0.25) is 9.97 Å². The summed E-state index contributed by atoms with van der Waals surface area (Å²) in [5.74, 6) is 0. The van der Waals surface area contributed by atoms with Gasteiger partial charge in [0.25, 0.3) is 0 Å². The summed E-state index contributed by atoms with van der Waals surface area (Å²) in [7, 11) is 0. The van der Waals surface area contributed by atoms with Crippen LogP contribution in [0.15, 0.2) is 146 Å². The molecule has 0 amide bonds. The summed E-state index contributed by atoms with van der Waals surface area (Å²) in [6.07, 6.45) is 6.78. The third-order valence-corrected chi connectivity index (χ3v) is 8.62. The van der Waals surface area contributed by atoms with E-state index in [-0.39, 0.29) is 0 Å². The van der Waals surface area contributed by atoms with Gasteiger partial charge in [0, 0.05) is 30.4 Å². The van der Waals surface area contributed by atoms with Crippen LogP contribution in [0.1, 0.15) is 5.56 Å². The Bertz CT molecular complexity index is 2370. The molecule has 6 aromatic carbocycles. The highest BCUT2D eigenvalue weighted by molar-refractivity contribution is 6.26. The molecule has 0 unspecified atom stereocenters. The van der Waals surface area contributed by atoms with E-state index in [0.29, 0.717) is 11.3 Å². The van der Waals surface area contributed by atoms with E-state index >= 15 is 0 Å². The lowest BCUT2D eigenvalue weighted by atomic mass is 9.90. The summed E-state index contributed by atoms with van der Waals surface area (Å²) < 4.78 is 0. The Kier molecular flexibility index (Phi) is 6.53. The highest BCUT2D eigenvalue weighted by Crippen LogP contribution is 2.39. The largest absolute Gasteiger partial charge is 0.276 e. The molecule has 0 aliphatic carbocycles. The first kappa shape index (κ1) is 27.0. The lowest BCUT2D eigenvalue weighted by molar-refractivity contribution is 1.30. The molecule has 212 valence electrons. The zero-order valence-corrected chi connectivity index (χ0v) is 24.6. The maximum atomic E-state index is 9.35. The van der Waals surface area contributed by atoms with Crippen molar-refractivity contribution in [3.63, 3.8) is 0 Å². The lowest BCUT2D eigenvalue weighted by Crippen LogP contribution is -1.88. The van der Waals surface area contributed by atoms with Crippen LogP contribution in [0.2, 0.25) is 0 Å². The minimum Gasteiger partial charge on any atom is -0.276 e. The van der Waals surface area contributed by atoms with Gasteiger partial charge in [-0.05, 0) is 108 Å². The minimum atomic E-state index is 0.533. The lowest BCUT2D eigenvalue weighted by Gasteiger charge is -2.14. The molecule has 0 aliphatic rings. The third-order valence-electron chi connectivity index (χ3n) is 8.62. The second kappa shape index (κ2) is 11.1. The van der Waals surface area contributed by atoms with Gasteiger partial charge in [-0.1, -0.05) is 84.9 Å². The number of hydrogen-bond donors (Lipinski definition) is 0. The topological polar surface area (TPSA) is 53.9 Å². The second-order valence-corrected chi connectivity index (χ2v) is 11.3. The van der Waals surface area contributed by atoms with Crippen LogP contribution in [-0.2, 0) is 0 Å². The Balaban J connectivity index is 1.25. The Hall–Kier alpha value is -6.62. The molecule has 0 atom stereocenters. The molecule has 8 rings (SSSR count). The van der Waals surface area contributed by atoms with Crippen LogP contribution in [0.5, 0.6) is 0 Å². The van der Waals surface area contributed by atoms with E-state index < -0.39 is 0 Å². The molecule has 2 aromatic heterocycles. The van der Waals surface area contributed by atoms with E-state index in [4.69, 9.17) is 6.57 Å².